The van der Waals surface area contributed by atoms with Crippen LogP contribution in [0.2, 0.25) is 0 Å². The van der Waals surface area contributed by atoms with Gasteiger partial charge in [-0.25, -0.2) is 0 Å². The van der Waals surface area contributed by atoms with E-state index in [-0.39, 0.29) is 11.8 Å². The monoisotopic (exact) mass is 275 g/mol. The lowest BCUT2D eigenvalue weighted by molar-refractivity contribution is -0.136. The second kappa shape index (κ2) is 6.78. The third kappa shape index (κ3) is 3.75. The topological polar surface area (TPSA) is 29.5 Å². The van der Waals surface area contributed by atoms with Crippen LogP contribution in [0.5, 0.6) is 5.75 Å². The van der Waals surface area contributed by atoms with Crippen LogP contribution >= 0.6 is 0 Å². The van der Waals surface area contributed by atoms with Crippen LogP contribution in [-0.4, -0.2) is 30.5 Å². The summed E-state index contributed by atoms with van der Waals surface area (Å²) in [5.74, 6) is 1.93. The van der Waals surface area contributed by atoms with Gasteiger partial charge in [-0.2, -0.15) is 0 Å². The summed E-state index contributed by atoms with van der Waals surface area (Å²) in [6.45, 7) is 8.51. The van der Waals surface area contributed by atoms with Gasteiger partial charge < -0.3 is 9.64 Å². The molecule has 0 aromatic heterocycles. The molecule has 1 saturated heterocycles. The first-order valence-corrected chi connectivity index (χ1v) is 7.55. The molecular weight excluding hydrogens is 250 g/mol. The standard InChI is InChI=1S/C17H25NO2/c1-13(2)17(19)18-10-8-15(9-11-18)12-20-16-7-5-4-6-14(16)3/h4-7,13,15H,8-12H2,1-3H3. The molecular formula is C17H25NO2. The third-order valence-corrected chi connectivity index (χ3v) is 3.99. The zero-order valence-corrected chi connectivity index (χ0v) is 12.8. The van der Waals surface area contributed by atoms with Crippen molar-refractivity contribution >= 4 is 5.91 Å². The molecule has 1 aliphatic rings. The third-order valence-electron chi connectivity index (χ3n) is 3.99. The van der Waals surface area contributed by atoms with Crippen molar-refractivity contribution in [3.8, 4) is 5.75 Å². The van der Waals surface area contributed by atoms with Gasteiger partial charge >= 0.3 is 0 Å². The molecule has 3 nitrogen and oxygen atoms in total. The number of hydrogen-bond acceptors (Lipinski definition) is 2. The van der Waals surface area contributed by atoms with Crippen molar-refractivity contribution in [3.05, 3.63) is 29.8 Å². The van der Waals surface area contributed by atoms with E-state index in [9.17, 15) is 4.79 Å². The first-order chi connectivity index (χ1) is 9.58. The van der Waals surface area contributed by atoms with Crippen molar-refractivity contribution in [2.75, 3.05) is 19.7 Å². The Hall–Kier alpha value is -1.51. The van der Waals surface area contributed by atoms with E-state index in [4.69, 9.17) is 4.74 Å². The van der Waals surface area contributed by atoms with Gasteiger partial charge in [0, 0.05) is 19.0 Å². The molecule has 110 valence electrons. The number of amides is 1. The number of nitrogens with zero attached hydrogens (tertiary/aromatic N) is 1. The second-order valence-corrected chi connectivity index (χ2v) is 6.00. The fourth-order valence-corrected chi connectivity index (χ4v) is 2.61. The fourth-order valence-electron chi connectivity index (χ4n) is 2.61. The molecule has 1 aromatic carbocycles. The maximum absolute atomic E-state index is 11.9. The maximum Gasteiger partial charge on any atom is 0.225 e. The predicted molar refractivity (Wildman–Crippen MR) is 80.8 cm³/mol. The number of ether oxygens (including phenoxy) is 1. The summed E-state index contributed by atoms with van der Waals surface area (Å²) in [6.07, 6.45) is 2.09. The van der Waals surface area contributed by atoms with Gasteiger partial charge in [-0.15, -0.1) is 0 Å². The molecule has 1 aromatic rings. The molecule has 1 heterocycles. The van der Waals surface area contributed by atoms with E-state index in [0.717, 1.165) is 38.3 Å². The van der Waals surface area contributed by atoms with Gasteiger partial charge in [-0.05, 0) is 37.3 Å². The number of likely N-dealkylation sites (tertiary alicyclic amines) is 1. The van der Waals surface area contributed by atoms with Crippen LogP contribution in [-0.2, 0) is 4.79 Å². The van der Waals surface area contributed by atoms with Gasteiger partial charge in [0.25, 0.3) is 0 Å². The van der Waals surface area contributed by atoms with Crippen LogP contribution in [0.25, 0.3) is 0 Å². The van der Waals surface area contributed by atoms with Crippen molar-refractivity contribution in [2.45, 2.75) is 33.6 Å². The molecule has 3 heteroatoms. The minimum atomic E-state index is 0.106. The molecule has 2 rings (SSSR count). The average molecular weight is 275 g/mol. The summed E-state index contributed by atoms with van der Waals surface area (Å²) in [7, 11) is 0. The lowest BCUT2D eigenvalue weighted by Crippen LogP contribution is -2.41. The summed E-state index contributed by atoms with van der Waals surface area (Å²) >= 11 is 0. The summed E-state index contributed by atoms with van der Waals surface area (Å²) in [4.78, 5) is 13.9. The number of para-hydroxylation sites is 1. The Morgan fingerprint density at radius 2 is 1.95 bits per heavy atom. The fraction of sp³-hybridized carbons (Fsp3) is 0.588. The Balaban J connectivity index is 1.78. The van der Waals surface area contributed by atoms with Crippen LogP contribution in [0, 0.1) is 18.8 Å². The molecule has 0 bridgehead atoms. The van der Waals surface area contributed by atoms with E-state index in [1.807, 2.05) is 36.9 Å². The van der Waals surface area contributed by atoms with Crippen molar-refractivity contribution in [2.24, 2.45) is 11.8 Å². The van der Waals surface area contributed by atoms with Crippen LogP contribution in [0.1, 0.15) is 32.3 Å². The molecule has 0 atom stereocenters. The summed E-state index contributed by atoms with van der Waals surface area (Å²) in [6, 6.07) is 8.12. The summed E-state index contributed by atoms with van der Waals surface area (Å²) in [5, 5.41) is 0. The molecule has 0 saturated carbocycles. The molecule has 1 aliphatic heterocycles. The van der Waals surface area contributed by atoms with E-state index in [1.165, 1.54) is 5.56 Å². The van der Waals surface area contributed by atoms with E-state index in [0.29, 0.717) is 5.92 Å². The highest BCUT2D eigenvalue weighted by Gasteiger charge is 2.24. The summed E-state index contributed by atoms with van der Waals surface area (Å²) in [5.41, 5.74) is 1.18. The van der Waals surface area contributed by atoms with Gasteiger partial charge in [0.1, 0.15) is 5.75 Å². The second-order valence-electron chi connectivity index (χ2n) is 6.00. The smallest absolute Gasteiger partial charge is 0.225 e. The van der Waals surface area contributed by atoms with Crippen molar-refractivity contribution < 1.29 is 9.53 Å². The van der Waals surface area contributed by atoms with E-state index < -0.39 is 0 Å². The first-order valence-electron chi connectivity index (χ1n) is 7.55. The Labute approximate surface area is 121 Å². The maximum atomic E-state index is 11.9. The largest absolute Gasteiger partial charge is 0.493 e. The molecule has 1 amide bonds. The average Bonchev–Trinajstić information content (AvgIpc) is 2.46. The molecule has 0 unspecified atom stereocenters. The van der Waals surface area contributed by atoms with Crippen LogP contribution in [0.4, 0.5) is 0 Å². The minimum absolute atomic E-state index is 0.106. The minimum Gasteiger partial charge on any atom is -0.493 e. The number of carbonyl (C=O) groups is 1. The number of aryl methyl sites for hydroxylation is 1. The zero-order chi connectivity index (χ0) is 14.5. The molecule has 0 aliphatic carbocycles. The number of carbonyl (C=O) groups excluding carboxylic acids is 1. The SMILES string of the molecule is Cc1ccccc1OCC1CCN(C(=O)C(C)C)CC1. The van der Waals surface area contributed by atoms with Gasteiger partial charge in [0.2, 0.25) is 5.91 Å². The number of hydrogen-bond donors (Lipinski definition) is 0. The van der Waals surface area contributed by atoms with E-state index in [1.54, 1.807) is 0 Å². The van der Waals surface area contributed by atoms with Crippen molar-refractivity contribution in [1.82, 2.24) is 4.90 Å². The van der Waals surface area contributed by atoms with Crippen LogP contribution < -0.4 is 4.74 Å². The molecule has 0 spiro atoms. The summed E-state index contributed by atoms with van der Waals surface area (Å²) < 4.78 is 5.92. The molecule has 0 N–H and O–H groups in total. The normalized spacial score (nSPS) is 16.5. The lowest BCUT2D eigenvalue weighted by atomic mass is 9.97. The van der Waals surface area contributed by atoms with Crippen molar-refractivity contribution in [3.63, 3.8) is 0 Å². The van der Waals surface area contributed by atoms with Gasteiger partial charge in [0.15, 0.2) is 0 Å². The van der Waals surface area contributed by atoms with Crippen LogP contribution in [0.15, 0.2) is 24.3 Å². The Morgan fingerprint density at radius 3 is 2.55 bits per heavy atom. The van der Waals surface area contributed by atoms with E-state index >= 15 is 0 Å². The molecule has 1 fully saturated rings. The van der Waals surface area contributed by atoms with Crippen molar-refractivity contribution in [1.29, 1.82) is 0 Å². The Bertz CT molecular complexity index is 448. The lowest BCUT2D eigenvalue weighted by Gasteiger charge is -2.33. The predicted octanol–water partition coefficient (Wildman–Crippen LogP) is 3.27. The highest BCUT2D eigenvalue weighted by atomic mass is 16.5. The Morgan fingerprint density at radius 1 is 1.30 bits per heavy atom. The Kier molecular flexibility index (Phi) is 5.05. The highest BCUT2D eigenvalue weighted by molar-refractivity contribution is 5.78. The number of benzene rings is 1. The van der Waals surface area contributed by atoms with Gasteiger partial charge in [-0.3, -0.25) is 4.79 Å². The first kappa shape index (κ1) is 14.9. The highest BCUT2D eigenvalue weighted by Crippen LogP contribution is 2.22. The number of rotatable bonds is 4. The molecule has 20 heavy (non-hydrogen) atoms. The molecule has 0 radical (unpaired) electrons. The van der Waals surface area contributed by atoms with E-state index in [2.05, 4.69) is 13.0 Å². The van der Waals surface area contributed by atoms with Gasteiger partial charge in [0.05, 0.1) is 6.61 Å². The van der Waals surface area contributed by atoms with Crippen LogP contribution in [0.3, 0.4) is 0 Å². The number of piperidine rings is 1. The quantitative estimate of drug-likeness (QED) is 0.844. The zero-order valence-electron chi connectivity index (χ0n) is 12.8. The van der Waals surface area contributed by atoms with Gasteiger partial charge in [-0.1, -0.05) is 32.0 Å².